The molecule has 9 heteroatoms. The maximum atomic E-state index is 13.0. The fourth-order valence-corrected chi connectivity index (χ4v) is 3.42. The number of para-hydroxylation sites is 1. The van der Waals surface area contributed by atoms with E-state index in [1.807, 2.05) is 18.2 Å². The van der Waals surface area contributed by atoms with E-state index in [1.54, 1.807) is 42.6 Å². The second kappa shape index (κ2) is 8.65. The van der Waals surface area contributed by atoms with Gasteiger partial charge in [0.05, 0.1) is 47.7 Å². The summed E-state index contributed by atoms with van der Waals surface area (Å²) in [6.07, 6.45) is 1.74. The number of aromatic nitrogens is 3. The molecule has 0 spiro atoms. The molecule has 2 N–H and O–H groups in total. The van der Waals surface area contributed by atoms with E-state index in [4.69, 9.17) is 14.7 Å². The molecular weight excluding hydrogens is 412 g/mol. The third-order valence-corrected chi connectivity index (χ3v) is 5.02. The van der Waals surface area contributed by atoms with Gasteiger partial charge in [-0.25, -0.2) is 14.3 Å². The number of nitriles is 1. The van der Waals surface area contributed by atoms with Crippen molar-refractivity contribution in [3.05, 3.63) is 87.5 Å². The van der Waals surface area contributed by atoms with Crippen molar-refractivity contribution in [3.8, 4) is 11.8 Å². The number of nitrogens with one attached hydrogen (secondary N) is 2. The number of fused-ring (bicyclic) bond motifs is 1. The van der Waals surface area contributed by atoms with Crippen LogP contribution in [0.15, 0.2) is 59.5 Å². The Hall–Kier alpha value is -4.58. The van der Waals surface area contributed by atoms with Crippen molar-refractivity contribution in [2.24, 2.45) is 0 Å². The number of nitrogens with zero attached hydrogens (tertiary/aromatic N) is 2. The molecule has 0 saturated carbocycles. The summed E-state index contributed by atoms with van der Waals surface area (Å²) in [7, 11) is 1.21. The van der Waals surface area contributed by atoms with E-state index in [2.05, 4.69) is 10.1 Å². The van der Waals surface area contributed by atoms with Crippen LogP contribution in [0.1, 0.15) is 32.0 Å². The van der Waals surface area contributed by atoms with Crippen LogP contribution in [0.2, 0.25) is 0 Å². The van der Waals surface area contributed by atoms with Gasteiger partial charge < -0.3 is 14.5 Å². The largest absolute Gasteiger partial charge is 0.464 e. The number of H-pyrrole nitrogens is 2. The predicted molar refractivity (Wildman–Crippen MR) is 115 cm³/mol. The number of aromatic amines is 2. The maximum absolute atomic E-state index is 13.0. The van der Waals surface area contributed by atoms with Crippen LogP contribution in [0.3, 0.4) is 0 Å². The average Bonchev–Trinajstić information content (AvgIpc) is 3.43. The third kappa shape index (κ3) is 3.77. The van der Waals surface area contributed by atoms with Gasteiger partial charge in [0, 0.05) is 18.0 Å². The summed E-state index contributed by atoms with van der Waals surface area (Å²) >= 11 is 0. The summed E-state index contributed by atoms with van der Waals surface area (Å²) in [6, 6.07) is 15.4. The molecule has 4 aromatic rings. The normalized spacial score (nSPS) is 10.6. The molecular formula is C23H18N4O5. The first-order valence-corrected chi connectivity index (χ1v) is 9.69. The zero-order valence-electron chi connectivity index (χ0n) is 17.0. The van der Waals surface area contributed by atoms with Crippen LogP contribution in [0.4, 0.5) is 0 Å². The van der Waals surface area contributed by atoms with Crippen LogP contribution in [-0.4, -0.2) is 40.4 Å². The second-order valence-corrected chi connectivity index (χ2v) is 6.89. The van der Waals surface area contributed by atoms with E-state index in [0.717, 1.165) is 5.39 Å². The third-order valence-electron chi connectivity index (χ3n) is 5.02. The van der Waals surface area contributed by atoms with Gasteiger partial charge in [0.2, 0.25) is 0 Å². The zero-order chi connectivity index (χ0) is 22.7. The minimum Gasteiger partial charge on any atom is -0.464 e. The van der Waals surface area contributed by atoms with E-state index in [0.29, 0.717) is 22.3 Å². The lowest BCUT2D eigenvalue weighted by Crippen LogP contribution is -2.19. The van der Waals surface area contributed by atoms with Gasteiger partial charge in [-0.15, -0.1) is 0 Å². The summed E-state index contributed by atoms with van der Waals surface area (Å²) in [5, 5.41) is 12.6. The fourth-order valence-electron chi connectivity index (χ4n) is 3.42. The van der Waals surface area contributed by atoms with Crippen molar-refractivity contribution in [2.45, 2.75) is 6.42 Å². The first-order valence-electron chi connectivity index (χ1n) is 9.69. The zero-order valence-corrected chi connectivity index (χ0v) is 17.0. The number of esters is 2. The Bertz CT molecular complexity index is 1400. The highest BCUT2D eigenvalue weighted by atomic mass is 16.5. The fraction of sp³-hybridized carbons (Fsp3) is 0.130. The average molecular weight is 430 g/mol. The Kier molecular flexibility index (Phi) is 5.59. The van der Waals surface area contributed by atoms with Crippen molar-refractivity contribution >= 4 is 22.8 Å². The molecule has 9 nitrogen and oxygen atoms in total. The van der Waals surface area contributed by atoms with Crippen LogP contribution >= 0.6 is 0 Å². The molecule has 0 atom stereocenters. The van der Waals surface area contributed by atoms with Crippen LogP contribution < -0.4 is 5.56 Å². The molecule has 0 bridgehead atoms. The summed E-state index contributed by atoms with van der Waals surface area (Å²) in [5.74, 6) is -1.26. The van der Waals surface area contributed by atoms with Gasteiger partial charge in [-0.05, 0) is 36.4 Å². The van der Waals surface area contributed by atoms with Crippen LogP contribution in [-0.2, 0) is 15.9 Å². The van der Waals surface area contributed by atoms with Crippen molar-refractivity contribution < 1.29 is 19.1 Å². The first-order chi connectivity index (χ1) is 15.5. The minimum atomic E-state index is -0.716. The molecule has 0 aliphatic carbocycles. The van der Waals surface area contributed by atoms with Crippen molar-refractivity contribution in [3.63, 3.8) is 0 Å². The molecule has 0 radical (unpaired) electrons. The standard InChI is InChI=1S/C23H18N4O5/c1-31-23(30)20-17(21(28)27(26-20)16-7-5-14(13-24)6-8-16)10-12-32-22(29)18-4-2-3-15-9-11-25-19(15)18/h2-9,11,25-26H,10,12H2,1H3. The molecule has 2 aromatic carbocycles. The second-order valence-electron chi connectivity index (χ2n) is 6.89. The molecule has 0 aliphatic heterocycles. The lowest BCUT2D eigenvalue weighted by atomic mass is 10.1. The molecule has 32 heavy (non-hydrogen) atoms. The summed E-state index contributed by atoms with van der Waals surface area (Å²) < 4.78 is 11.3. The van der Waals surface area contributed by atoms with Gasteiger partial charge in [-0.3, -0.25) is 9.89 Å². The van der Waals surface area contributed by atoms with Gasteiger partial charge >= 0.3 is 11.9 Å². The van der Waals surface area contributed by atoms with E-state index in [9.17, 15) is 14.4 Å². The number of hydrogen-bond acceptors (Lipinski definition) is 6. The number of methoxy groups -OCH3 is 1. The quantitative estimate of drug-likeness (QED) is 0.452. The van der Waals surface area contributed by atoms with E-state index >= 15 is 0 Å². The van der Waals surface area contributed by atoms with E-state index in [-0.39, 0.29) is 24.3 Å². The Morgan fingerprint density at radius 3 is 2.59 bits per heavy atom. The maximum Gasteiger partial charge on any atom is 0.356 e. The molecule has 2 heterocycles. The van der Waals surface area contributed by atoms with Gasteiger partial charge in [0.1, 0.15) is 5.69 Å². The molecule has 0 amide bonds. The van der Waals surface area contributed by atoms with Gasteiger partial charge in [-0.1, -0.05) is 12.1 Å². The van der Waals surface area contributed by atoms with Crippen molar-refractivity contribution in [1.82, 2.24) is 14.8 Å². The topological polar surface area (TPSA) is 130 Å². The monoisotopic (exact) mass is 430 g/mol. The molecule has 2 aromatic heterocycles. The number of hydrogen-bond donors (Lipinski definition) is 2. The van der Waals surface area contributed by atoms with Crippen LogP contribution in [0.25, 0.3) is 16.6 Å². The highest BCUT2D eigenvalue weighted by Gasteiger charge is 2.22. The molecule has 0 aliphatic rings. The Morgan fingerprint density at radius 2 is 1.88 bits per heavy atom. The Labute approximate surface area is 181 Å². The van der Waals surface area contributed by atoms with E-state index in [1.165, 1.54) is 11.8 Å². The number of carbonyl (C=O) groups excluding carboxylic acids is 2. The number of ether oxygens (including phenoxy) is 2. The predicted octanol–water partition coefficient (Wildman–Crippen LogP) is 2.70. The SMILES string of the molecule is COC(=O)c1[nH]n(-c2ccc(C#N)cc2)c(=O)c1CCOC(=O)c1cccc2cc[nH]c12. The summed E-state index contributed by atoms with van der Waals surface area (Å²) in [4.78, 5) is 40.7. The van der Waals surface area contributed by atoms with Crippen molar-refractivity contribution in [2.75, 3.05) is 13.7 Å². The molecule has 0 fully saturated rings. The number of benzene rings is 2. The van der Waals surface area contributed by atoms with Gasteiger partial charge in [0.25, 0.3) is 5.56 Å². The summed E-state index contributed by atoms with van der Waals surface area (Å²) in [5.41, 5.74) is 1.56. The molecule has 0 unspecified atom stereocenters. The Balaban J connectivity index is 1.57. The lowest BCUT2D eigenvalue weighted by molar-refractivity contribution is 0.0511. The van der Waals surface area contributed by atoms with Crippen LogP contribution in [0.5, 0.6) is 0 Å². The van der Waals surface area contributed by atoms with Gasteiger partial charge in [0.15, 0.2) is 0 Å². The number of carbonyl (C=O) groups is 2. The van der Waals surface area contributed by atoms with Crippen LogP contribution in [0, 0.1) is 11.3 Å². The Morgan fingerprint density at radius 1 is 1.09 bits per heavy atom. The van der Waals surface area contributed by atoms with Gasteiger partial charge in [-0.2, -0.15) is 5.26 Å². The van der Waals surface area contributed by atoms with Crippen molar-refractivity contribution in [1.29, 1.82) is 5.26 Å². The summed E-state index contributed by atoms with van der Waals surface area (Å²) in [6.45, 7) is -0.111. The lowest BCUT2D eigenvalue weighted by Gasteiger charge is -2.06. The minimum absolute atomic E-state index is 0.00941. The highest BCUT2D eigenvalue weighted by Crippen LogP contribution is 2.18. The molecule has 0 saturated heterocycles. The first kappa shape index (κ1) is 20.7. The highest BCUT2D eigenvalue weighted by molar-refractivity contribution is 6.02. The van der Waals surface area contributed by atoms with E-state index < -0.39 is 17.5 Å². The number of rotatable bonds is 6. The molecule has 4 rings (SSSR count). The molecule has 160 valence electrons. The smallest absolute Gasteiger partial charge is 0.356 e.